The quantitative estimate of drug-likeness (QED) is 0.889. The Morgan fingerprint density at radius 1 is 1.52 bits per heavy atom. The van der Waals surface area contributed by atoms with E-state index >= 15 is 0 Å². The Morgan fingerprint density at radius 2 is 2.29 bits per heavy atom. The average molecular weight is 291 g/mol. The maximum absolute atomic E-state index is 12.2. The van der Waals surface area contributed by atoms with Gasteiger partial charge < -0.3 is 15.3 Å². The fourth-order valence-electron chi connectivity index (χ4n) is 2.66. The molecular weight excluding hydrogens is 270 g/mol. The van der Waals surface area contributed by atoms with Crippen LogP contribution in [-0.2, 0) is 11.3 Å². The molecule has 0 spiro atoms. The van der Waals surface area contributed by atoms with Crippen molar-refractivity contribution >= 4 is 12.0 Å². The van der Waals surface area contributed by atoms with Crippen LogP contribution >= 0.6 is 0 Å². The third-order valence-electron chi connectivity index (χ3n) is 4.01. The molecule has 2 atom stereocenters. The number of carbonyl (C=O) groups excluding carboxylic acids is 1. The maximum Gasteiger partial charge on any atom is 0.317 e. The second-order valence-electron chi connectivity index (χ2n) is 5.53. The number of aromatic nitrogens is 1. The number of carbonyl (C=O) groups is 2. The van der Waals surface area contributed by atoms with E-state index in [0.29, 0.717) is 25.9 Å². The summed E-state index contributed by atoms with van der Waals surface area (Å²) < 4.78 is 0. The van der Waals surface area contributed by atoms with Gasteiger partial charge in [-0.1, -0.05) is 6.07 Å². The van der Waals surface area contributed by atoms with Crippen LogP contribution in [0.2, 0.25) is 0 Å². The van der Waals surface area contributed by atoms with Gasteiger partial charge in [0.25, 0.3) is 0 Å². The number of hydrogen-bond acceptors (Lipinski definition) is 3. The van der Waals surface area contributed by atoms with Crippen LogP contribution in [0, 0.1) is 12.8 Å². The average Bonchev–Trinajstić information content (AvgIpc) is 2.46. The Balaban J connectivity index is 1.89. The summed E-state index contributed by atoms with van der Waals surface area (Å²) in [7, 11) is 0. The van der Waals surface area contributed by atoms with Crippen LogP contribution in [0.3, 0.4) is 0 Å². The van der Waals surface area contributed by atoms with E-state index in [2.05, 4.69) is 10.3 Å². The van der Waals surface area contributed by atoms with Crippen molar-refractivity contribution < 1.29 is 14.7 Å². The zero-order valence-electron chi connectivity index (χ0n) is 12.4. The van der Waals surface area contributed by atoms with E-state index < -0.39 is 5.97 Å². The molecule has 2 unspecified atom stereocenters. The van der Waals surface area contributed by atoms with E-state index in [-0.39, 0.29) is 18.0 Å². The Morgan fingerprint density at radius 3 is 2.90 bits per heavy atom. The number of nitrogens with one attached hydrogen (secondary N) is 1. The number of carboxylic acids is 1. The number of likely N-dealkylation sites (tertiary alicyclic amines) is 1. The topological polar surface area (TPSA) is 82.5 Å². The van der Waals surface area contributed by atoms with E-state index in [1.165, 1.54) is 0 Å². The van der Waals surface area contributed by atoms with Crippen molar-refractivity contribution in [2.75, 3.05) is 6.54 Å². The highest BCUT2D eigenvalue weighted by Gasteiger charge is 2.32. The smallest absolute Gasteiger partial charge is 0.317 e. The van der Waals surface area contributed by atoms with E-state index in [1.807, 2.05) is 26.0 Å². The summed E-state index contributed by atoms with van der Waals surface area (Å²) in [4.78, 5) is 29.2. The van der Waals surface area contributed by atoms with Crippen molar-refractivity contribution in [2.45, 2.75) is 39.3 Å². The molecule has 114 valence electrons. The van der Waals surface area contributed by atoms with Gasteiger partial charge in [0.2, 0.25) is 0 Å². The highest BCUT2D eigenvalue weighted by molar-refractivity contribution is 5.75. The minimum Gasteiger partial charge on any atom is -0.481 e. The summed E-state index contributed by atoms with van der Waals surface area (Å²) in [6.45, 7) is 4.71. The third kappa shape index (κ3) is 3.71. The zero-order valence-corrected chi connectivity index (χ0v) is 12.4. The lowest BCUT2D eigenvalue weighted by atomic mass is 9.92. The number of aryl methyl sites for hydroxylation is 1. The van der Waals surface area contributed by atoms with Crippen LogP contribution in [0.4, 0.5) is 4.79 Å². The van der Waals surface area contributed by atoms with Crippen molar-refractivity contribution in [3.05, 3.63) is 29.6 Å². The third-order valence-corrected chi connectivity index (χ3v) is 4.01. The van der Waals surface area contributed by atoms with E-state index in [1.54, 1.807) is 11.1 Å². The highest BCUT2D eigenvalue weighted by Crippen LogP contribution is 2.23. The first-order valence-corrected chi connectivity index (χ1v) is 7.16. The first-order valence-electron chi connectivity index (χ1n) is 7.16. The molecule has 1 saturated heterocycles. The highest BCUT2D eigenvalue weighted by atomic mass is 16.4. The van der Waals surface area contributed by atoms with Crippen LogP contribution in [0.15, 0.2) is 18.3 Å². The van der Waals surface area contributed by atoms with Gasteiger partial charge in [-0.2, -0.15) is 0 Å². The summed E-state index contributed by atoms with van der Waals surface area (Å²) in [6, 6.07) is 3.59. The molecular formula is C15H21N3O3. The van der Waals surface area contributed by atoms with Crippen LogP contribution in [-0.4, -0.2) is 39.6 Å². The Labute approximate surface area is 124 Å². The number of pyridine rings is 1. The minimum absolute atomic E-state index is 0.0651. The largest absolute Gasteiger partial charge is 0.481 e. The number of urea groups is 1. The Bertz CT molecular complexity index is 533. The molecule has 0 aromatic carbocycles. The number of carboxylic acid groups (broad SMARTS) is 1. The minimum atomic E-state index is -0.772. The number of rotatable bonds is 3. The molecule has 2 rings (SSSR count). The molecule has 6 heteroatoms. The van der Waals surface area contributed by atoms with Crippen molar-refractivity contribution in [3.8, 4) is 0 Å². The molecule has 1 aliphatic rings. The summed E-state index contributed by atoms with van der Waals surface area (Å²) in [5, 5.41) is 11.9. The molecule has 0 aliphatic carbocycles. The van der Waals surface area contributed by atoms with Crippen molar-refractivity contribution in [1.82, 2.24) is 15.2 Å². The molecule has 21 heavy (non-hydrogen) atoms. The van der Waals surface area contributed by atoms with Gasteiger partial charge >= 0.3 is 12.0 Å². The van der Waals surface area contributed by atoms with Gasteiger partial charge in [-0.3, -0.25) is 9.78 Å². The first kappa shape index (κ1) is 15.3. The predicted molar refractivity (Wildman–Crippen MR) is 77.7 cm³/mol. The number of aliphatic carboxylic acids is 1. The van der Waals surface area contributed by atoms with Crippen molar-refractivity contribution in [1.29, 1.82) is 0 Å². The van der Waals surface area contributed by atoms with Gasteiger partial charge in [-0.05, 0) is 38.3 Å². The second kappa shape index (κ2) is 6.56. The van der Waals surface area contributed by atoms with Gasteiger partial charge in [-0.15, -0.1) is 0 Å². The Kier molecular flexibility index (Phi) is 4.77. The van der Waals surface area contributed by atoms with Gasteiger partial charge in [0.1, 0.15) is 0 Å². The molecule has 0 radical (unpaired) electrons. The van der Waals surface area contributed by atoms with Gasteiger partial charge in [0.05, 0.1) is 18.2 Å². The van der Waals surface area contributed by atoms with E-state index in [4.69, 9.17) is 5.11 Å². The Hall–Kier alpha value is -2.11. The van der Waals surface area contributed by atoms with E-state index in [9.17, 15) is 9.59 Å². The molecule has 1 fully saturated rings. The van der Waals surface area contributed by atoms with Crippen LogP contribution in [0.25, 0.3) is 0 Å². The summed E-state index contributed by atoms with van der Waals surface area (Å²) >= 11 is 0. The lowest BCUT2D eigenvalue weighted by molar-refractivity contribution is -0.143. The first-order chi connectivity index (χ1) is 9.99. The molecule has 1 aromatic rings. The number of nitrogens with zero attached hydrogens (tertiary/aromatic N) is 2. The van der Waals surface area contributed by atoms with Gasteiger partial charge in [0.15, 0.2) is 0 Å². The maximum atomic E-state index is 12.2. The zero-order chi connectivity index (χ0) is 15.4. The summed E-state index contributed by atoms with van der Waals surface area (Å²) in [6.07, 6.45) is 2.72. The molecule has 2 N–H and O–H groups in total. The van der Waals surface area contributed by atoms with Gasteiger partial charge in [-0.25, -0.2) is 4.79 Å². The fourth-order valence-corrected chi connectivity index (χ4v) is 2.66. The van der Waals surface area contributed by atoms with Crippen LogP contribution in [0.1, 0.15) is 31.0 Å². The summed E-state index contributed by atoms with van der Waals surface area (Å²) in [5.74, 6) is -1.12. The molecule has 0 bridgehead atoms. The predicted octanol–water partition coefficient (Wildman–Crippen LogP) is 1.78. The summed E-state index contributed by atoms with van der Waals surface area (Å²) in [5.41, 5.74) is 1.88. The van der Waals surface area contributed by atoms with Crippen molar-refractivity contribution in [2.24, 2.45) is 5.92 Å². The molecule has 0 saturated carbocycles. The fraction of sp³-hybridized carbons (Fsp3) is 0.533. The van der Waals surface area contributed by atoms with Crippen LogP contribution in [0.5, 0.6) is 0 Å². The normalized spacial score (nSPS) is 21.9. The molecule has 1 aliphatic heterocycles. The number of piperidine rings is 1. The lowest BCUT2D eigenvalue weighted by Gasteiger charge is -2.36. The number of hydrogen-bond donors (Lipinski definition) is 2. The van der Waals surface area contributed by atoms with Crippen LogP contribution < -0.4 is 5.32 Å². The van der Waals surface area contributed by atoms with Gasteiger partial charge in [0, 0.05) is 18.8 Å². The standard InChI is InChI=1S/C15H21N3O3/c1-10-4-3-6-16-13(10)9-17-15(21)18-7-5-12(14(19)20)8-11(18)2/h3-4,6,11-12H,5,7-9H2,1-2H3,(H,17,21)(H,19,20). The second-order valence-corrected chi connectivity index (χ2v) is 5.53. The SMILES string of the molecule is Cc1cccnc1CNC(=O)N1CCC(C(=O)O)CC1C. The van der Waals surface area contributed by atoms with Crippen molar-refractivity contribution in [3.63, 3.8) is 0 Å². The lowest BCUT2D eigenvalue weighted by Crippen LogP contribution is -2.50. The monoisotopic (exact) mass is 291 g/mol. The molecule has 6 nitrogen and oxygen atoms in total. The van der Waals surface area contributed by atoms with E-state index in [0.717, 1.165) is 11.3 Å². The molecule has 2 heterocycles. The molecule has 2 amide bonds. The molecule has 1 aromatic heterocycles. The number of amides is 2.